The van der Waals surface area contributed by atoms with Crippen LogP contribution in [0.1, 0.15) is 24.8 Å². The van der Waals surface area contributed by atoms with Crippen molar-refractivity contribution in [2.45, 2.75) is 25.7 Å². The Morgan fingerprint density at radius 2 is 1.76 bits per heavy atom. The highest BCUT2D eigenvalue weighted by molar-refractivity contribution is 6.36. The number of carbonyl (C=O) groups excluding carboxylic acids is 2. The molecule has 2 aromatic carbocycles. The molecule has 4 nitrogen and oxygen atoms in total. The van der Waals surface area contributed by atoms with E-state index in [1.54, 1.807) is 18.2 Å². The molecular formula is C19H19Cl2NO3. The topological polar surface area (TPSA) is 55.4 Å². The molecule has 0 unspecified atom stereocenters. The van der Waals surface area contributed by atoms with Crippen LogP contribution in [0.3, 0.4) is 0 Å². The van der Waals surface area contributed by atoms with Gasteiger partial charge in [-0.1, -0.05) is 53.5 Å². The van der Waals surface area contributed by atoms with E-state index in [1.807, 2.05) is 30.3 Å². The van der Waals surface area contributed by atoms with Crippen molar-refractivity contribution < 1.29 is 14.3 Å². The Morgan fingerprint density at radius 3 is 2.48 bits per heavy atom. The van der Waals surface area contributed by atoms with Crippen molar-refractivity contribution in [1.29, 1.82) is 0 Å². The number of aryl methyl sites for hydroxylation is 1. The normalized spacial score (nSPS) is 10.3. The minimum atomic E-state index is -0.384. The van der Waals surface area contributed by atoms with Gasteiger partial charge in [0.25, 0.3) is 0 Å². The maximum atomic E-state index is 11.9. The molecule has 6 heteroatoms. The molecule has 0 aliphatic carbocycles. The second-order valence-electron chi connectivity index (χ2n) is 5.48. The van der Waals surface area contributed by atoms with Gasteiger partial charge in [-0.05, 0) is 36.6 Å². The summed E-state index contributed by atoms with van der Waals surface area (Å²) in [5.74, 6) is -0.684. The fraction of sp³-hybridized carbons (Fsp3) is 0.263. The second kappa shape index (κ2) is 10.1. The van der Waals surface area contributed by atoms with E-state index in [1.165, 1.54) is 5.56 Å². The Bertz CT molecular complexity index is 720. The number of rotatable bonds is 8. The van der Waals surface area contributed by atoms with Crippen LogP contribution in [0.4, 0.5) is 5.69 Å². The molecule has 0 saturated heterocycles. The molecule has 2 aromatic rings. The van der Waals surface area contributed by atoms with Gasteiger partial charge in [0.1, 0.15) is 0 Å². The average molecular weight is 380 g/mol. The van der Waals surface area contributed by atoms with Crippen molar-refractivity contribution in [3.8, 4) is 0 Å². The van der Waals surface area contributed by atoms with E-state index < -0.39 is 0 Å². The second-order valence-corrected chi connectivity index (χ2v) is 6.33. The van der Waals surface area contributed by atoms with Crippen molar-refractivity contribution in [3.63, 3.8) is 0 Å². The maximum Gasteiger partial charge on any atom is 0.306 e. The number of esters is 1. The first-order chi connectivity index (χ1) is 12.0. The van der Waals surface area contributed by atoms with E-state index in [2.05, 4.69) is 5.32 Å². The highest BCUT2D eigenvalue weighted by Gasteiger charge is 2.10. The Hall–Kier alpha value is -2.04. The molecule has 0 radical (unpaired) electrons. The van der Waals surface area contributed by atoms with Gasteiger partial charge in [-0.2, -0.15) is 0 Å². The first-order valence-electron chi connectivity index (χ1n) is 7.99. The molecule has 0 heterocycles. The molecule has 0 atom stereocenters. The summed E-state index contributed by atoms with van der Waals surface area (Å²) in [7, 11) is 0. The van der Waals surface area contributed by atoms with Gasteiger partial charge in [0, 0.05) is 11.4 Å². The van der Waals surface area contributed by atoms with Crippen LogP contribution >= 0.6 is 23.2 Å². The zero-order chi connectivity index (χ0) is 18.1. The van der Waals surface area contributed by atoms with Crippen molar-refractivity contribution in [3.05, 3.63) is 64.1 Å². The number of nitrogens with one attached hydrogen (secondary N) is 1. The predicted molar refractivity (Wildman–Crippen MR) is 100 cm³/mol. The summed E-state index contributed by atoms with van der Waals surface area (Å²) >= 11 is 11.8. The third-order valence-electron chi connectivity index (χ3n) is 3.48. The smallest absolute Gasteiger partial charge is 0.306 e. The van der Waals surface area contributed by atoms with Gasteiger partial charge in [0.05, 0.1) is 23.7 Å². The summed E-state index contributed by atoms with van der Waals surface area (Å²) in [6.07, 6.45) is 1.67. The molecule has 1 amide bonds. The van der Waals surface area contributed by atoms with Crippen molar-refractivity contribution in [2.75, 3.05) is 11.9 Å². The summed E-state index contributed by atoms with van der Waals surface area (Å²) in [6.45, 7) is 0.346. The van der Waals surface area contributed by atoms with Crippen LogP contribution in [0.15, 0.2) is 48.5 Å². The number of anilines is 1. The standard InChI is InChI=1S/C19H19Cl2NO3/c20-15-8-9-17(16(21)13-15)22-18(23)10-11-19(24)25-12-4-7-14-5-2-1-3-6-14/h1-3,5-6,8-9,13H,4,7,10-12H2,(H,22,23). The lowest BCUT2D eigenvalue weighted by Crippen LogP contribution is -2.15. The third-order valence-corrected chi connectivity index (χ3v) is 4.02. The molecule has 0 aromatic heterocycles. The summed E-state index contributed by atoms with van der Waals surface area (Å²) in [6, 6.07) is 14.8. The fourth-order valence-electron chi connectivity index (χ4n) is 2.20. The molecule has 0 spiro atoms. The highest BCUT2D eigenvalue weighted by Crippen LogP contribution is 2.25. The van der Waals surface area contributed by atoms with E-state index in [4.69, 9.17) is 27.9 Å². The zero-order valence-electron chi connectivity index (χ0n) is 13.6. The molecule has 1 N–H and O–H groups in total. The van der Waals surface area contributed by atoms with Crippen molar-refractivity contribution in [1.82, 2.24) is 0 Å². The fourth-order valence-corrected chi connectivity index (χ4v) is 2.65. The van der Waals surface area contributed by atoms with Crippen LogP contribution in [0, 0.1) is 0 Å². The monoisotopic (exact) mass is 379 g/mol. The maximum absolute atomic E-state index is 11.9. The van der Waals surface area contributed by atoms with Gasteiger partial charge in [-0.3, -0.25) is 9.59 Å². The van der Waals surface area contributed by atoms with Crippen LogP contribution in [-0.2, 0) is 20.7 Å². The van der Waals surface area contributed by atoms with E-state index >= 15 is 0 Å². The molecule has 132 valence electrons. The molecule has 0 aliphatic heterocycles. The van der Waals surface area contributed by atoms with Gasteiger partial charge in [0.2, 0.25) is 5.91 Å². The highest BCUT2D eigenvalue weighted by atomic mass is 35.5. The van der Waals surface area contributed by atoms with Gasteiger partial charge >= 0.3 is 5.97 Å². The Morgan fingerprint density at radius 1 is 1.00 bits per heavy atom. The Labute approximate surface area is 157 Å². The molecule has 0 saturated carbocycles. The first kappa shape index (κ1) is 19.3. The molecular weight excluding hydrogens is 361 g/mol. The molecule has 25 heavy (non-hydrogen) atoms. The quantitative estimate of drug-likeness (QED) is 0.524. The van der Waals surface area contributed by atoms with Gasteiger partial charge in [-0.15, -0.1) is 0 Å². The largest absolute Gasteiger partial charge is 0.466 e. The molecule has 2 rings (SSSR count). The Kier molecular flexibility index (Phi) is 7.76. The third kappa shape index (κ3) is 7.16. The zero-order valence-corrected chi connectivity index (χ0v) is 15.1. The van der Waals surface area contributed by atoms with Crippen molar-refractivity contribution >= 4 is 40.8 Å². The summed E-state index contributed by atoms with van der Waals surface area (Å²) < 4.78 is 5.14. The number of ether oxygens (including phenoxy) is 1. The lowest BCUT2D eigenvalue weighted by atomic mass is 10.1. The lowest BCUT2D eigenvalue weighted by Gasteiger charge is -2.08. The van der Waals surface area contributed by atoms with E-state index in [-0.39, 0.29) is 24.7 Å². The SMILES string of the molecule is O=C(CCC(=O)OCCCc1ccccc1)Nc1ccc(Cl)cc1Cl. The number of hydrogen-bond donors (Lipinski definition) is 1. The Balaban J connectivity index is 1.63. The number of amides is 1. The predicted octanol–water partition coefficient (Wildman–Crippen LogP) is 4.89. The van der Waals surface area contributed by atoms with Gasteiger partial charge in [0.15, 0.2) is 0 Å². The summed E-state index contributed by atoms with van der Waals surface area (Å²) in [4.78, 5) is 23.5. The van der Waals surface area contributed by atoms with Crippen molar-refractivity contribution in [2.24, 2.45) is 0 Å². The minimum Gasteiger partial charge on any atom is -0.466 e. The number of halogens is 2. The first-order valence-corrected chi connectivity index (χ1v) is 8.74. The number of carbonyl (C=O) groups is 2. The van der Waals surface area contributed by atoms with Crippen LogP contribution < -0.4 is 5.32 Å². The van der Waals surface area contributed by atoms with Crippen LogP contribution in [0.25, 0.3) is 0 Å². The van der Waals surface area contributed by atoms with E-state index in [0.717, 1.165) is 12.8 Å². The summed E-state index contributed by atoms with van der Waals surface area (Å²) in [5, 5.41) is 3.48. The average Bonchev–Trinajstić information content (AvgIpc) is 2.60. The van der Waals surface area contributed by atoms with Gasteiger partial charge < -0.3 is 10.1 Å². The summed E-state index contributed by atoms with van der Waals surface area (Å²) in [5.41, 5.74) is 1.67. The number of benzene rings is 2. The molecule has 0 fully saturated rings. The van der Waals surface area contributed by atoms with Crippen LogP contribution in [0.2, 0.25) is 10.0 Å². The molecule has 0 bridgehead atoms. The number of hydrogen-bond acceptors (Lipinski definition) is 3. The van der Waals surface area contributed by atoms with Crippen LogP contribution in [0.5, 0.6) is 0 Å². The van der Waals surface area contributed by atoms with Gasteiger partial charge in [-0.25, -0.2) is 0 Å². The minimum absolute atomic E-state index is 0.0301. The van der Waals surface area contributed by atoms with E-state index in [0.29, 0.717) is 22.3 Å². The van der Waals surface area contributed by atoms with Crippen LogP contribution in [-0.4, -0.2) is 18.5 Å². The molecule has 0 aliphatic rings. The lowest BCUT2D eigenvalue weighted by molar-refractivity contribution is -0.144. The van der Waals surface area contributed by atoms with E-state index in [9.17, 15) is 9.59 Å².